The highest BCUT2D eigenvalue weighted by atomic mass is 15.4. The number of benzene rings is 1. The van der Waals surface area contributed by atoms with E-state index in [2.05, 4.69) is 54.1 Å². The van der Waals surface area contributed by atoms with E-state index in [1.54, 1.807) is 18.6 Å². The maximum atomic E-state index is 6.24. The molecule has 0 bridgehead atoms. The van der Waals surface area contributed by atoms with Gasteiger partial charge in [-0.15, -0.1) is 0 Å². The molecule has 3 heterocycles. The van der Waals surface area contributed by atoms with E-state index < -0.39 is 0 Å². The Morgan fingerprint density at radius 1 is 0.964 bits per heavy atom. The minimum atomic E-state index is 0.570. The lowest BCUT2D eigenvalue weighted by Gasteiger charge is -2.35. The molecule has 8 nitrogen and oxygen atoms in total. The molecule has 0 saturated carbocycles. The normalized spacial score (nSPS) is 15.1. The summed E-state index contributed by atoms with van der Waals surface area (Å²) in [7, 11) is 0. The minimum absolute atomic E-state index is 0.570. The molecular weight excluding hydrogens is 352 g/mol. The molecule has 0 amide bonds. The fraction of sp³-hybridized carbons (Fsp3) is 0.300. The number of piperazine rings is 1. The van der Waals surface area contributed by atoms with Crippen molar-refractivity contribution in [1.82, 2.24) is 24.6 Å². The summed E-state index contributed by atoms with van der Waals surface area (Å²) in [6.07, 6.45) is 7.29. The first kappa shape index (κ1) is 18.0. The number of nitrogens with two attached hydrogens (primary N) is 1. The Morgan fingerprint density at radius 2 is 1.75 bits per heavy atom. The molecule has 1 fully saturated rings. The van der Waals surface area contributed by atoms with Crippen LogP contribution in [0.15, 0.2) is 66.2 Å². The van der Waals surface area contributed by atoms with E-state index in [0.717, 1.165) is 44.2 Å². The first-order valence-electron chi connectivity index (χ1n) is 9.40. The molecule has 0 aliphatic carbocycles. The summed E-state index contributed by atoms with van der Waals surface area (Å²) in [6, 6.07) is 12.1. The monoisotopic (exact) mass is 376 g/mol. The Morgan fingerprint density at radius 3 is 2.50 bits per heavy atom. The first-order valence-corrected chi connectivity index (χ1v) is 9.40. The third kappa shape index (κ3) is 4.46. The number of rotatable bonds is 5. The summed E-state index contributed by atoms with van der Waals surface area (Å²) in [4.78, 5) is 17.5. The summed E-state index contributed by atoms with van der Waals surface area (Å²) in [6.45, 7) is 4.61. The van der Waals surface area contributed by atoms with Crippen LogP contribution in [-0.2, 0) is 13.1 Å². The molecule has 2 N–H and O–H groups in total. The highest BCUT2D eigenvalue weighted by Crippen LogP contribution is 2.11. The topological polar surface area (TPSA) is 88.5 Å². The number of hydrogen-bond donors (Lipinski definition) is 1. The van der Waals surface area contributed by atoms with E-state index >= 15 is 0 Å². The number of hydrogen-bond acceptors (Lipinski definition) is 5. The third-order valence-electron chi connectivity index (χ3n) is 4.76. The Kier molecular flexibility index (Phi) is 5.46. The summed E-state index contributed by atoms with van der Waals surface area (Å²) in [5.41, 5.74) is 8.58. The molecule has 1 saturated heterocycles. The van der Waals surface area contributed by atoms with Gasteiger partial charge in [-0.05, 0) is 23.3 Å². The molecule has 1 aromatic carbocycles. The van der Waals surface area contributed by atoms with Crippen LogP contribution in [0.3, 0.4) is 0 Å². The molecule has 4 rings (SSSR count). The summed E-state index contributed by atoms with van der Waals surface area (Å²) in [5, 5.41) is 4.25. The lowest BCUT2D eigenvalue weighted by molar-refractivity contribution is 0.378. The van der Waals surface area contributed by atoms with E-state index in [-0.39, 0.29) is 0 Å². The molecule has 0 unspecified atom stereocenters. The second kappa shape index (κ2) is 8.51. The van der Waals surface area contributed by atoms with Crippen LogP contribution >= 0.6 is 0 Å². The average Bonchev–Trinajstić information content (AvgIpc) is 3.26. The van der Waals surface area contributed by atoms with Gasteiger partial charge in [0, 0.05) is 51.0 Å². The molecule has 0 atom stereocenters. The van der Waals surface area contributed by atoms with E-state index in [0.29, 0.717) is 12.5 Å². The third-order valence-corrected chi connectivity index (χ3v) is 4.76. The van der Waals surface area contributed by atoms with Crippen molar-refractivity contribution in [3.8, 4) is 0 Å². The van der Waals surface area contributed by atoms with E-state index in [1.807, 2.05) is 23.0 Å². The fourth-order valence-electron chi connectivity index (χ4n) is 3.27. The highest BCUT2D eigenvalue weighted by molar-refractivity contribution is 5.78. The number of aromatic nitrogens is 4. The number of aliphatic imine (C=N–C) groups is 1. The standard InChI is InChI=1S/C20H24N8/c21-19(26-10-12-27(13-11-26)20-22-6-2-7-23-20)24-15-17-4-1-5-18(14-17)16-28-9-3-8-25-28/h1-9,14H,10-13,15-16H2,(H2,21,24). The van der Waals surface area contributed by atoms with Crippen molar-refractivity contribution >= 4 is 11.9 Å². The molecule has 2 aromatic heterocycles. The zero-order valence-electron chi connectivity index (χ0n) is 15.7. The van der Waals surface area contributed by atoms with Crippen molar-refractivity contribution in [3.63, 3.8) is 0 Å². The zero-order valence-corrected chi connectivity index (χ0v) is 15.7. The Bertz CT molecular complexity index is 899. The van der Waals surface area contributed by atoms with Crippen molar-refractivity contribution in [2.45, 2.75) is 13.1 Å². The number of guanidine groups is 1. The van der Waals surface area contributed by atoms with Crippen LogP contribution in [0.1, 0.15) is 11.1 Å². The molecule has 0 spiro atoms. The van der Waals surface area contributed by atoms with Crippen LogP contribution in [0.25, 0.3) is 0 Å². The zero-order chi connectivity index (χ0) is 19.2. The second-order valence-corrected chi connectivity index (χ2v) is 6.72. The van der Waals surface area contributed by atoms with Gasteiger partial charge in [-0.2, -0.15) is 5.10 Å². The van der Waals surface area contributed by atoms with Crippen LogP contribution < -0.4 is 10.6 Å². The molecule has 0 radical (unpaired) electrons. The van der Waals surface area contributed by atoms with Gasteiger partial charge in [0.25, 0.3) is 0 Å². The number of nitrogens with zero attached hydrogens (tertiary/aromatic N) is 7. The van der Waals surface area contributed by atoms with Crippen molar-refractivity contribution in [2.75, 3.05) is 31.1 Å². The van der Waals surface area contributed by atoms with Gasteiger partial charge in [-0.1, -0.05) is 24.3 Å². The lowest BCUT2D eigenvalue weighted by atomic mass is 10.1. The van der Waals surface area contributed by atoms with Gasteiger partial charge in [0.05, 0.1) is 13.1 Å². The van der Waals surface area contributed by atoms with Crippen molar-refractivity contribution in [1.29, 1.82) is 0 Å². The van der Waals surface area contributed by atoms with Crippen LogP contribution in [0, 0.1) is 0 Å². The van der Waals surface area contributed by atoms with Gasteiger partial charge in [0.2, 0.25) is 5.95 Å². The first-order chi connectivity index (χ1) is 13.8. The summed E-state index contributed by atoms with van der Waals surface area (Å²) >= 11 is 0. The van der Waals surface area contributed by atoms with E-state index in [9.17, 15) is 0 Å². The van der Waals surface area contributed by atoms with Gasteiger partial charge in [0.1, 0.15) is 0 Å². The molecule has 1 aliphatic heterocycles. The van der Waals surface area contributed by atoms with Gasteiger partial charge >= 0.3 is 0 Å². The molecular formula is C20H24N8. The quantitative estimate of drug-likeness (QED) is 0.534. The van der Waals surface area contributed by atoms with Gasteiger partial charge in [-0.3, -0.25) is 4.68 Å². The lowest BCUT2D eigenvalue weighted by Crippen LogP contribution is -2.51. The van der Waals surface area contributed by atoms with Crippen LogP contribution in [0.4, 0.5) is 5.95 Å². The highest BCUT2D eigenvalue weighted by Gasteiger charge is 2.19. The number of anilines is 1. The van der Waals surface area contributed by atoms with Gasteiger partial charge < -0.3 is 15.5 Å². The fourth-order valence-corrected chi connectivity index (χ4v) is 3.27. The van der Waals surface area contributed by atoms with Crippen molar-refractivity contribution in [3.05, 3.63) is 72.3 Å². The average molecular weight is 376 g/mol. The van der Waals surface area contributed by atoms with Crippen molar-refractivity contribution in [2.24, 2.45) is 10.7 Å². The molecule has 144 valence electrons. The minimum Gasteiger partial charge on any atom is -0.370 e. The molecule has 8 heteroatoms. The van der Waals surface area contributed by atoms with E-state index in [4.69, 9.17) is 5.73 Å². The smallest absolute Gasteiger partial charge is 0.225 e. The molecule has 28 heavy (non-hydrogen) atoms. The predicted molar refractivity (Wildman–Crippen MR) is 109 cm³/mol. The molecule has 3 aromatic rings. The maximum Gasteiger partial charge on any atom is 0.225 e. The van der Waals surface area contributed by atoms with Crippen LogP contribution in [0.5, 0.6) is 0 Å². The Balaban J connectivity index is 1.32. The molecule has 1 aliphatic rings. The second-order valence-electron chi connectivity index (χ2n) is 6.72. The maximum absolute atomic E-state index is 6.24. The summed E-state index contributed by atoms with van der Waals surface area (Å²) in [5.74, 6) is 1.36. The van der Waals surface area contributed by atoms with Crippen LogP contribution in [0.2, 0.25) is 0 Å². The Labute approximate surface area is 164 Å². The van der Waals surface area contributed by atoms with Crippen LogP contribution in [-0.4, -0.2) is 56.8 Å². The van der Waals surface area contributed by atoms with Gasteiger partial charge in [-0.25, -0.2) is 15.0 Å². The summed E-state index contributed by atoms with van der Waals surface area (Å²) < 4.78 is 1.91. The predicted octanol–water partition coefficient (Wildman–Crippen LogP) is 1.36. The van der Waals surface area contributed by atoms with Gasteiger partial charge in [0.15, 0.2) is 5.96 Å². The largest absolute Gasteiger partial charge is 0.370 e. The SMILES string of the molecule is NC(=NCc1cccc(Cn2cccn2)c1)N1CCN(c2ncccn2)CC1. The van der Waals surface area contributed by atoms with E-state index in [1.165, 1.54) is 5.56 Å². The van der Waals surface area contributed by atoms with Crippen molar-refractivity contribution < 1.29 is 0 Å². The Hall–Kier alpha value is -3.42.